The molecule has 0 amide bonds. The standard InChI is InChI=1S/C17H19ClFNO/c1-11-4-7-17(21-3)15(8-11)12(2)20-10-13-5-6-14(18)9-16(13)19/h4-9,12,20H,10H2,1-3H3. The first-order valence-corrected chi connectivity index (χ1v) is 7.21. The molecule has 112 valence electrons. The molecule has 2 aromatic rings. The van der Waals surface area contributed by atoms with E-state index in [1.54, 1.807) is 19.2 Å². The monoisotopic (exact) mass is 307 g/mol. The largest absolute Gasteiger partial charge is 0.496 e. The van der Waals surface area contributed by atoms with E-state index in [9.17, 15) is 4.39 Å². The van der Waals surface area contributed by atoms with E-state index in [2.05, 4.69) is 11.4 Å². The molecule has 0 radical (unpaired) electrons. The first kappa shape index (κ1) is 15.8. The molecule has 2 aromatic carbocycles. The number of nitrogens with one attached hydrogen (secondary N) is 1. The zero-order valence-corrected chi connectivity index (χ0v) is 13.2. The molecule has 0 aliphatic rings. The van der Waals surface area contributed by atoms with Gasteiger partial charge in [0.25, 0.3) is 0 Å². The van der Waals surface area contributed by atoms with Gasteiger partial charge in [0.15, 0.2) is 0 Å². The van der Waals surface area contributed by atoms with Crippen LogP contribution in [0.2, 0.25) is 5.02 Å². The van der Waals surface area contributed by atoms with Gasteiger partial charge < -0.3 is 10.1 Å². The van der Waals surface area contributed by atoms with E-state index >= 15 is 0 Å². The molecule has 2 rings (SSSR count). The molecule has 4 heteroatoms. The van der Waals surface area contributed by atoms with Gasteiger partial charge in [-0.15, -0.1) is 0 Å². The number of hydrogen-bond donors (Lipinski definition) is 1. The van der Waals surface area contributed by atoms with Crippen molar-refractivity contribution in [3.05, 3.63) is 63.9 Å². The molecule has 0 spiro atoms. The van der Waals surface area contributed by atoms with Crippen LogP contribution in [0.1, 0.15) is 29.7 Å². The summed E-state index contributed by atoms with van der Waals surface area (Å²) in [6.45, 7) is 4.50. The van der Waals surface area contributed by atoms with E-state index < -0.39 is 0 Å². The summed E-state index contributed by atoms with van der Waals surface area (Å²) < 4.78 is 19.1. The Kier molecular flexibility index (Phi) is 5.21. The molecular weight excluding hydrogens is 289 g/mol. The number of aryl methyl sites for hydroxylation is 1. The molecule has 0 heterocycles. The molecule has 1 unspecified atom stereocenters. The van der Waals surface area contributed by atoms with Crippen LogP contribution >= 0.6 is 11.6 Å². The van der Waals surface area contributed by atoms with E-state index in [-0.39, 0.29) is 11.9 Å². The Morgan fingerprint density at radius 1 is 1.24 bits per heavy atom. The van der Waals surface area contributed by atoms with Crippen molar-refractivity contribution in [2.24, 2.45) is 0 Å². The lowest BCUT2D eigenvalue weighted by atomic mass is 10.0. The Morgan fingerprint density at radius 3 is 2.67 bits per heavy atom. The summed E-state index contributed by atoms with van der Waals surface area (Å²) >= 11 is 5.76. The first-order chi connectivity index (χ1) is 10.0. The lowest BCUT2D eigenvalue weighted by molar-refractivity contribution is 0.401. The van der Waals surface area contributed by atoms with Crippen LogP contribution < -0.4 is 10.1 Å². The molecule has 0 fully saturated rings. The minimum Gasteiger partial charge on any atom is -0.496 e. The minimum absolute atomic E-state index is 0.0509. The van der Waals surface area contributed by atoms with Gasteiger partial charge >= 0.3 is 0 Å². The lowest BCUT2D eigenvalue weighted by Gasteiger charge is -2.18. The van der Waals surface area contributed by atoms with E-state index in [1.807, 2.05) is 26.0 Å². The Morgan fingerprint density at radius 2 is 2.00 bits per heavy atom. The molecule has 0 bridgehead atoms. The maximum absolute atomic E-state index is 13.8. The Bertz CT molecular complexity index is 630. The van der Waals surface area contributed by atoms with Crippen LogP contribution in [0.25, 0.3) is 0 Å². The van der Waals surface area contributed by atoms with Crippen molar-refractivity contribution >= 4 is 11.6 Å². The topological polar surface area (TPSA) is 21.3 Å². The van der Waals surface area contributed by atoms with Gasteiger partial charge in [-0.1, -0.05) is 35.4 Å². The van der Waals surface area contributed by atoms with Crippen molar-refractivity contribution in [1.29, 1.82) is 0 Å². The van der Waals surface area contributed by atoms with Crippen molar-refractivity contribution in [1.82, 2.24) is 5.32 Å². The van der Waals surface area contributed by atoms with Gasteiger partial charge in [0.1, 0.15) is 11.6 Å². The Balaban J connectivity index is 2.11. The van der Waals surface area contributed by atoms with Gasteiger partial charge in [-0.3, -0.25) is 0 Å². The van der Waals surface area contributed by atoms with Crippen molar-refractivity contribution in [2.75, 3.05) is 7.11 Å². The van der Waals surface area contributed by atoms with Gasteiger partial charge in [-0.25, -0.2) is 4.39 Å². The van der Waals surface area contributed by atoms with Crippen LogP contribution in [-0.2, 0) is 6.54 Å². The van der Waals surface area contributed by atoms with Crippen LogP contribution in [0.5, 0.6) is 5.75 Å². The summed E-state index contributed by atoms with van der Waals surface area (Å²) in [5.74, 6) is 0.538. The number of ether oxygens (including phenoxy) is 1. The van der Waals surface area contributed by atoms with Crippen LogP contribution in [0.4, 0.5) is 4.39 Å². The van der Waals surface area contributed by atoms with E-state index in [0.717, 1.165) is 16.9 Å². The van der Waals surface area contributed by atoms with E-state index in [0.29, 0.717) is 17.1 Å². The molecular formula is C17H19ClFNO. The molecule has 0 aromatic heterocycles. The zero-order valence-electron chi connectivity index (χ0n) is 12.4. The second-order valence-corrected chi connectivity index (χ2v) is 5.52. The third-order valence-corrected chi connectivity index (χ3v) is 3.70. The molecule has 0 aliphatic heterocycles. The smallest absolute Gasteiger partial charge is 0.129 e. The minimum atomic E-state index is -0.293. The molecule has 0 aliphatic carbocycles. The predicted molar refractivity (Wildman–Crippen MR) is 84.4 cm³/mol. The highest BCUT2D eigenvalue weighted by molar-refractivity contribution is 6.30. The fraction of sp³-hybridized carbons (Fsp3) is 0.294. The zero-order chi connectivity index (χ0) is 15.4. The Labute approximate surface area is 129 Å². The maximum atomic E-state index is 13.8. The van der Waals surface area contributed by atoms with Gasteiger partial charge in [-0.2, -0.15) is 0 Å². The average Bonchev–Trinajstić information content (AvgIpc) is 2.46. The third kappa shape index (κ3) is 3.96. The molecule has 21 heavy (non-hydrogen) atoms. The number of methoxy groups -OCH3 is 1. The average molecular weight is 308 g/mol. The summed E-state index contributed by atoms with van der Waals surface area (Å²) in [7, 11) is 1.65. The fourth-order valence-electron chi connectivity index (χ4n) is 2.23. The van der Waals surface area contributed by atoms with Crippen molar-refractivity contribution in [3.8, 4) is 5.75 Å². The fourth-order valence-corrected chi connectivity index (χ4v) is 2.39. The number of halogens is 2. The molecule has 1 atom stereocenters. The second kappa shape index (κ2) is 6.92. The van der Waals surface area contributed by atoms with E-state index in [4.69, 9.17) is 16.3 Å². The molecule has 0 saturated carbocycles. The Hall–Kier alpha value is -1.58. The highest BCUT2D eigenvalue weighted by Crippen LogP contribution is 2.26. The first-order valence-electron chi connectivity index (χ1n) is 6.83. The number of benzene rings is 2. The third-order valence-electron chi connectivity index (χ3n) is 3.47. The van der Waals surface area contributed by atoms with Crippen LogP contribution in [0.3, 0.4) is 0 Å². The highest BCUT2D eigenvalue weighted by Gasteiger charge is 2.12. The van der Waals surface area contributed by atoms with Crippen LogP contribution in [-0.4, -0.2) is 7.11 Å². The van der Waals surface area contributed by atoms with Crippen molar-refractivity contribution < 1.29 is 9.13 Å². The van der Waals surface area contributed by atoms with Gasteiger partial charge in [0.2, 0.25) is 0 Å². The van der Waals surface area contributed by atoms with Crippen LogP contribution in [0, 0.1) is 12.7 Å². The quantitative estimate of drug-likeness (QED) is 0.868. The highest BCUT2D eigenvalue weighted by atomic mass is 35.5. The van der Waals surface area contributed by atoms with Crippen molar-refractivity contribution in [3.63, 3.8) is 0 Å². The SMILES string of the molecule is COc1ccc(C)cc1C(C)NCc1ccc(Cl)cc1F. The predicted octanol–water partition coefficient (Wildman–Crippen LogP) is 4.65. The molecule has 1 N–H and O–H groups in total. The summed E-state index contributed by atoms with van der Waals surface area (Å²) in [6, 6.07) is 10.8. The summed E-state index contributed by atoms with van der Waals surface area (Å²) in [6.07, 6.45) is 0. The number of hydrogen-bond acceptors (Lipinski definition) is 2. The number of rotatable bonds is 5. The molecule has 0 saturated heterocycles. The maximum Gasteiger partial charge on any atom is 0.129 e. The van der Waals surface area contributed by atoms with E-state index in [1.165, 1.54) is 6.07 Å². The summed E-state index contributed by atoms with van der Waals surface area (Å²) in [5, 5.41) is 3.72. The van der Waals surface area contributed by atoms with Gasteiger partial charge in [0, 0.05) is 28.7 Å². The lowest BCUT2D eigenvalue weighted by Crippen LogP contribution is -2.19. The summed E-state index contributed by atoms with van der Waals surface area (Å²) in [4.78, 5) is 0. The normalized spacial score (nSPS) is 12.2. The van der Waals surface area contributed by atoms with Gasteiger partial charge in [0.05, 0.1) is 7.11 Å². The van der Waals surface area contributed by atoms with Crippen molar-refractivity contribution in [2.45, 2.75) is 26.4 Å². The van der Waals surface area contributed by atoms with Crippen LogP contribution in [0.15, 0.2) is 36.4 Å². The second-order valence-electron chi connectivity index (χ2n) is 5.08. The summed E-state index contributed by atoms with van der Waals surface area (Å²) in [5.41, 5.74) is 2.82. The van der Waals surface area contributed by atoms with Gasteiger partial charge in [-0.05, 0) is 32.0 Å². The molecule has 2 nitrogen and oxygen atoms in total.